The molecule has 0 amide bonds. The average Bonchev–Trinajstić information content (AvgIpc) is 3.07. The van der Waals surface area contributed by atoms with Crippen LogP contribution in [0.5, 0.6) is 0 Å². The molecule has 2 N–H and O–H groups in total. The van der Waals surface area contributed by atoms with Crippen molar-refractivity contribution >= 4 is 5.78 Å². The number of allylic oxidation sites excluding steroid dienone is 2. The minimum absolute atomic E-state index is 0.228. The van der Waals surface area contributed by atoms with Crippen LogP contribution in [-0.4, -0.2) is 12.3 Å². The molecule has 0 aliphatic heterocycles. The molecule has 3 fully saturated rings. The van der Waals surface area contributed by atoms with Gasteiger partial charge in [-0.15, -0.1) is 0 Å². The van der Waals surface area contributed by atoms with E-state index in [9.17, 15) is 4.79 Å². The first-order chi connectivity index (χ1) is 13.8. The van der Waals surface area contributed by atoms with Crippen molar-refractivity contribution in [2.24, 2.45) is 52.1 Å². The zero-order valence-corrected chi connectivity index (χ0v) is 19.5. The maximum absolute atomic E-state index is 13.0. The van der Waals surface area contributed by atoms with Crippen LogP contribution in [0.25, 0.3) is 0 Å². The van der Waals surface area contributed by atoms with E-state index < -0.39 is 0 Å². The lowest BCUT2D eigenvalue weighted by atomic mass is 9.47. The van der Waals surface area contributed by atoms with Crippen molar-refractivity contribution in [1.29, 1.82) is 0 Å². The molecule has 4 aliphatic carbocycles. The molecule has 4 rings (SSSR count). The quantitative estimate of drug-likeness (QED) is 0.516. The fourth-order valence-corrected chi connectivity index (χ4v) is 8.52. The first kappa shape index (κ1) is 21.6. The molecule has 0 heterocycles. The maximum atomic E-state index is 13.0. The van der Waals surface area contributed by atoms with Gasteiger partial charge in [-0.3, -0.25) is 4.79 Å². The highest BCUT2D eigenvalue weighted by atomic mass is 16.1. The topological polar surface area (TPSA) is 43.1 Å². The second-order valence-corrected chi connectivity index (χ2v) is 11.8. The molecule has 2 heteroatoms. The molecule has 4 aliphatic rings. The van der Waals surface area contributed by atoms with Gasteiger partial charge in [0.2, 0.25) is 0 Å². The van der Waals surface area contributed by atoms with Gasteiger partial charge in [-0.1, -0.05) is 45.8 Å². The zero-order chi connectivity index (χ0) is 20.8. The minimum Gasteiger partial charge on any atom is -0.330 e. The van der Waals surface area contributed by atoms with Crippen LogP contribution >= 0.6 is 0 Å². The number of nitrogens with two attached hydrogens (primary N) is 1. The third-order valence-corrected chi connectivity index (χ3v) is 10.5. The molecule has 1 unspecified atom stereocenters. The van der Waals surface area contributed by atoms with Crippen molar-refractivity contribution < 1.29 is 4.79 Å². The SMILES string of the molecule is CC(CN)CCC(=O)[C@@H](C)[C@H]1CC[C@H]2[C@@H]3CC=C4CCCC[C@]4(C)[C@H]3CC[C@]12C. The molecule has 2 nitrogen and oxygen atoms in total. The van der Waals surface area contributed by atoms with Gasteiger partial charge < -0.3 is 5.73 Å². The Morgan fingerprint density at radius 1 is 1.14 bits per heavy atom. The average molecular weight is 400 g/mol. The van der Waals surface area contributed by atoms with Crippen molar-refractivity contribution in [2.75, 3.05) is 6.54 Å². The van der Waals surface area contributed by atoms with E-state index in [-0.39, 0.29) is 5.92 Å². The standard InChI is InChI=1S/C27H45NO/c1-18(17-28)8-13-25(29)19(2)22-11-12-23-21-10-9-20-7-5-6-15-26(20,3)24(21)14-16-27(22,23)4/h9,18-19,21-24H,5-8,10-17,28H2,1-4H3/t18?,19-,21-,22+,23-,24-,26-,27+/m0/s1. The van der Waals surface area contributed by atoms with Gasteiger partial charge >= 0.3 is 0 Å². The van der Waals surface area contributed by atoms with Gasteiger partial charge in [0, 0.05) is 12.3 Å². The molecule has 0 aromatic heterocycles. The fraction of sp³-hybridized carbons (Fsp3) is 0.889. The molecule has 3 saturated carbocycles. The van der Waals surface area contributed by atoms with E-state index in [2.05, 4.69) is 33.8 Å². The molecule has 164 valence electrons. The Kier molecular flexibility index (Phi) is 6.06. The molecular formula is C27H45NO. The van der Waals surface area contributed by atoms with Crippen molar-refractivity contribution in [1.82, 2.24) is 0 Å². The van der Waals surface area contributed by atoms with Crippen LogP contribution in [0, 0.1) is 46.3 Å². The molecule has 0 aromatic rings. The monoisotopic (exact) mass is 399 g/mol. The molecule has 0 radical (unpaired) electrons. The first-order valence-electron chi connectivity index (χ1n) is 12.7. The predicted octanol–water partition coefficient (Wildman–Crippen LogP) is 6.54. The van der Waals surface area contributed by atoms with Crippen molar-refractivity contribution in [2.45, 2.75) is 98.3 Å². The van der Waals surface area contributed by atoms with Crippen molar-refractivity contribution in [3.63, 3.8) is 0 Å². The maximum Gasteiger partial charge on any atom is 0.136 e. The smallest absolute Gasteiger partial charge is 0.136 e. The van der Waals surface area contributed by atoms with E-state index in [1.807, 2.05) is 0 Å². The van der Waals surface area contributed by atoms with Crippen molar-refractivity contribution in [3.05, 3.63) is 11.6 Å². The summed E-state index contributed by atoms with van der Waals surface area (Å²) in [5.41, 5.74) is 8.44. The normalized spacial score (nSPS) is 43.6. The summed E-state index contributed by atoms with van der Waals surface area (Å²) < 4.78 is 0. The van der Waals surface area contributed by atoms with Gasteiger partial charge in [0.15, 0.2) is 0 Å². The van der Waals surface area contributed by atoms with E-state index in [1.165, 1.54) is 57.8 Å². The van der Waals surface area contributed by atoms with E-state index >= 15 is 0 Å². The number of carbonyl (C=O) groups excluding carboxylic acids is 1. The zero-order valence-electron chi connectivity index (χ0n) is 19.5. The van der Waals surface area contributed by atoms with Crippen LogP contribution in [0.2, 0.25) is 0 Å². The predicted molar refractivity (Wildman–Crippen MR) is 121 cm³/mol. The lowest BCUT2D eigenvalue weighted by Crippen LogP contribution is -2.50. The molecule has 0 spiro atoms. The number of hydrogen-bond acceptors (Lipinski definition) is 2. The molecule has 0 aromatic carbocycles. The lowest BCUT2D eigenvalue weighted by molar-refractivity contribution is -0.127. The fourth-order valence-electron chi connectivity index (χ4n) is 8.52. The number of carbonyl (C=O) groups is 1. The second-order valence-electron chi connectivity index (χ2n) is 11.8. The molecule has 0 saturated heterocycles. The van der Waals surface area contributed by atoms with Crippen LogP contribution in [0.15, 0.2) is 11.6 Å². The molecular weight excluding hydrogens is 354 g/mol. The Bertz CT molecular complexity index is 653. The number of rotatable bonds is 6. The summed E-state index contributed by atoms with van der Waals surface area (Å²) in [6, 6.07) is 0. The third-order valence-electron chi connectivity index (χ3n) is 10.5. The van der Waals surface area contributed by atoms with Gasteiger partial charge in [0.05, 0.1) is 0 Å². The van der Waals surface area contributed by atoms with Gasteiger partial charge in [0.1, 0.15) is 5.78 Å². The Balaban J connectivity index is 1.49. The van der Waals surface area contributed by atoms with Crippen LogP contribution < -0.4 is 5.73 Å². The van der Waals surface area contributed by atoms with E-state index in [0.717, 1.165) is 30.6 Å². The highest BCUT2D eigenvalue weighted by Gasteiger charge is 2.59. The van der Waals surface area contributed by atoms with Crippen LogP contribution in [0.1, 0.15) is 98.3 Å². The number of hydrogen-bond donors (Lipinski definition) is 1. The Hall–Kier alpha value is -0.630. The van der Waals surface area contributed by atoms with Crippen LogP contribution in [-0.2, 0) is 4.79 Å². The van der Waals surface area contributed by atoms with Gasteiger partial charge in [-0.05, 0) is 105 Å². The van der Waals surface area contributed by atoms with E-state index in [1.54, 1.807) is 5.57 Å². The highest BCUT2D eigenvalue weighted by Crippen LogP contribution is 2.67. The number of Topliss-reactive ketones (excluding diaryl/α,β-unsaturated/α-hetero) is 1. The Labute approximate surface area is 179 Å². The summed E-state index contributed by atoms with van der Waals surface area (Å²) in [6.07, 6.45) is 16.7. The largest absolute Gasteiger partial charge is 0.330 e. The highest BCUT2D eigenvalue weighted by molar-refractivity contribution is 5.81. The second kappa shape index (κ2) is 8.13. The molecule has 0 bridgehead atoms. The van der Waals surface area contributed by atoms with Crippen molar-refractivity contribution in [3.8, 4) is 0 Å². The number of ketones is 1. The summed E-state index contributed by atoms with van der Waals surface area (Å²) in [5, 5.41) is 0. The van der Waals surface area contributed by atoms with E-state index in [4.69, 9.17) is 5.73 Å². The minimum atomic E-state index is 0.228. The van der Waals surface area contributed by atoms with Gasteiger partial charge in [0.25, 0.3) is 0 Å². The first-order valence-corrected chi connectivity index (χ1v) is 12.7. The Morgan fingerprint density at radius 3 is 2.69 bits per heavy atom. The summed E-state index contributed by atoms with van der Waals surface area (Å²) in [5.74, 6) is 4.39. The summed E-state index contributed by atoms with van der Waals surface area (Å²) in [4.78, 5) is 13.0. The summed E-state index contributed by atoms with van der Waals surface area (Å²) in [6.45, 7) is 10.3. The number of fused-ring (bicyclic) bond motifs is 5. The Morgan fingerprint density at radius 2 is 1.93 bits per heavy atom. The lowest BCUT2D eigenvalue weighted by Gasteiger charge is -2.58. The molecule has 29 heavy (non-hydrogen) atoms. The molecule has 8 atom stereocenters. The van der Waals surface area contributed by atoms with Crippen LogP contribution in [0.4, 0.5) is 0 Å². The van der Waals surface area contributed by atoms with Gasteiger partial charge in [-0.2, -0.15) is 0 Å². The third kappa shape index (κ3) is 3.56. The summed E-state index contributed by atoms with van der Waals surface area (Å²) >= 11 is 0. The summed E-state index contributed by atoms with van der Waals surface area (Å²) in [7, 11) is 0. The van der Waals surface area contributed by atoms with Gasteiger partial charge in [-0.25, -0.2) is 0 Å². The van der Waals surface area contributed by atoms with Crippen LogP contribution in [0.3, 0.4) is 0 Å². The van der Waals surface area contributed by atoms with E-state index in [0.29, 0.717) is 35.0 Å².